The number of para-hydroxylation sites is 1. The summed E-state index contributed by atoms with van der Waals surface area (Å²) in [5.74, 6) is 0.634. The Bertz CT molecular complexity index is 953. The van der Waals surface area contributed by atoms with Crippen LogP contribution in [0.1, 0.15) is 28.1 Å². The number of nitrogens with zero attached hydrogens (tertiary/aromatic N) is 3. The Morgan fingerprint density at radius 3 is 2.79 bits per heavy atom. The van der Waals surface area contributed by atoms with E-state index in [0.29, 0.717) is 32.1 Å². The minimum Gasteiger partial charge on any atom is -0.357 e. The summed E-state index contributed by atoms with van der Waals surface area (Å²) in [7, 11) is -3.37. The molecule has 0 spiro atoms. The van der Waals surface area contributed by atoms with E-state index in [1.54, 1.807) is 11.3 Å². The van der Waals surface area contributed by atoms with E-state index >= 15 is 0 Å². The number of sulfonamides is 1. The number of hydrogen-bond acceptors (Lipinski definition) is 5. The molecule has 0 atom stereocenters. The second-order valence-electron chi connectivity index (χ2n) is 6.63. The van der Waals surface area contributed by atoms with Crippen LogP contribution in [0.25, 0.3) is 0 Å². The lowest BCUT2D eigenvalue weighted by atomic mass is 10.2. The fourth-order valence-electron chi connectivity index (χ4n) is 3.22. The summed E-state index contributed by atoms with van der Waals surface area (Å²) in [4.78, 5) is 10.1. The molecule has 0 saturated carbocycles. The molecule has 1 aromatic heterocycles. The molecule has 0 bridgehead atoms. The Hall–Kier alpha value is -2.13. The lowest BCUT2D eigenvalue weighted by Crippen LogP contribution is -2.42. The van der Waals surface area contributed by atoms with Crippen LogP contribution in [-0.2, 0) is 23.0 Å². The number of aryl methyl sites for hydroxylation is 2. The summed E-state index contributed by atoms with van der Waals surface area (Å²) in [5, 5.41) is 7.33. The van der Waals surface area contributed by atoms with Gasteiger partial charge in [0, 0.05) is 24.5 Å². The van der Waals surface area contributed by atoms with Gasteiger partial charge in [-0.25, -0.2) is 18.4 Å². The predicted octanol–water partition coefficient (Wildman–Crippen LogP) is 2.21. The van der Waals surface area contributed by atoms with Crippen LogP contribution in [0, 0.1) is 13.8 Å². The fraction of sp³-hybridized carbons (Fsp3) is 0.474. The number of thiazole rings is 1. The van der Waals surface area contributed by atoms with Gasteiger partial charge in [0.2, 0.25) is 10.0 Å². The van der Waals surface area contributed by atoms with E-state index in [9.17, 15) is 8.42 Å². The molecule has 0 unspecified atom stereocenters. The Balaban J connectivity index is 1.59. The second-order valence-corrected chi connectivity index (χ2v) is 9.93. The molecule has 1 aromatic carbocycles. The summed E-state index contributed by atoms with van der Waals surface area (Å²) in [6.07, 6.45) is 0.764. The van der Waals surface area contributed by atoms with Gasteiger partial charge in [0.05, 0.1) is 28.7 Å². The van der Waals surface area contributed by atoms with Gasteiger partial charge < -0.3 is 10.6 Å². The first-order valence-corrected chi connectivity index (χ1v) is 11.9. The first-order chi connectivity index (χ1) is 13.4. The highest BCUT2D eigenvalue weighted by Gasteiger charge is 2.28. The number of guanidine groups is 1. The van der Waals surface area contributed by atoms with Crippen molar-refractivity contribution in [1.82, 2.24) is 15.6 Å². The second kappa shape index (κ2) is 8.91. The van der Waals surface area contributed by atoms with Crippen molar-refractivity contribution >= 4 is 33.0 Å². The van der Waals surface area contributed by atoms with E-state index in [1.807, 2.05) is 45.0 Å². The van der Waals surface area contributed by atoms with Crippen molar-refractivity contribution < 1.29 is 8.42 Å². The van der Waals surface area contributed by atoms with Gasteiger partial charge >= 0.3 is 0 Å². The van der Waals surface area contributed by atoms with Crippen LogP contribution >= 0.6 is 11.3 Å². The molecule has 7 nitrogen and oxygen atoms in total. The number of aromatic nitrogens is 1. The van der Waals surface area contributed by atoms with Crippen LogP contribution in [0.4, 0.5) is 5.69 Å². The number of benzene rings is 1. The molecule has 1 aliphatic heterocycles. The van der Waals surface area contributed by atoms with E-state index < -0.39 is 10.0 Å². The van der Waals surface area contributed by atoms with Crippen molar-refractivity contribution in [3.8, 4) is 0 Å². The largest absolute Gasteiger partial charge is 0.357 e. The fourth-order valence-corrected chi connectivity index (χ4v) is 5.51. The number of fused-ring (bicyclic) bond motifs is 1. The molecular formula is C19H27N5O2S2. The molecular weight excluding hydrogens is 394 g/mol. The van der Waals surface area contributed by atoms with Crippen molar-refractivity contribution in [2.24, 2.45) is 4.99 Å². The van der Waals surface area contributed by atoms with Crippen molar-refractivity contribution in [1.29, 1.82) is 0 Å². The van der Waals surface area contributed by atoms with E-state index in [2.05, 4.69) is 20.6 Å². The van der Waals surface area contributed by atoms with Crippen LogP contribution < -0.4 is 14.9 Å². The number of nitrogens with one attached hydrogen (secondary N) is 2. The Labute approximate surface area is 171 Å². The van der Waals surface area contributed by atoms with Crippen LogP contribution in [0.5, 0.6) is 0 Å². The molecule has 152 valence electrons. The average molecular weight is 422 g/mol. The van der Waals surface area contributed by atoms with E-state index in [0.717, 1.165) is 33.3 Å². The third-order valence-electron chi connectivity index (χ3n) is 4.56. The van der Waals surface area contributed by atoms with Crippen LogP contribution in [0.3, 0.4) is 0 Å². The standard InChI is InChI=1S/C19H27N5O2S2/c1-4-20-19(22-13-18-14(2)23-15(3)27-18)21-10-12-28(25,26)24-11-9-16-7-5-6-8-17(16)24/h5-8H,4,9-13H2,1-3H3,(H2,20,21,22). The zero-order valence-electron chi connectivity index (χ0n) is 16.5. The summed E-state index contributed by atoms with van der Waals surface area (Å²) in [6.45, 7) is 7.99. The highest BCUT2D eigenvalue weighted by molar-refractivity contribution is 7.92. The molecule has 0 radical (unpaired) electrons. The molecule has 2 aromatic rings. The first kappa shape index (κ1) is 20.6. The van der Waals surface area contributed by atoms with Crippen LogP contribution in [0.15, 0.2) is 29.3 Å². The molecule has 0 fully saturated rings. The molecule has 2 heterocycles. The zero-order chi connectivity index (χ0) is 20.1. The summed E-state index contributed by atoms with van der Waals surface area (Å²) < 4.78 is 27.1. The minimum absolute atomic E-state index is 0.0183. The SMILES string of the molecule is CCNC(=NCc1sc(C)nc1C)NCCS(=O)(=O)N1CCc2ccccc21. The topological polar surface area (TPSA) is 86.7 Å². The van der Waals surface area contributed by atoms with E-state index in [1.165, 1.54) is 4.31 Å². The predicted molar refractivity (Wildman–Crippen MR) is 116 cm³/mol. The van der Waals surface area contributed by atoms with E-state index in [4.69, 9.17) is 0 Å². The van der Waals surface area contributed by atoms with Gasteiger partial charge in [-0.05, 0) is 38.8 Å². The van der Waals surface area contributed by atoms with Crippen LogP contribution in [-0.4, -0.2) is 44.7 Å². The monoisotopic (exact) mass is 421 g/mol. The third-order valence-corrected chi connectivity index (χ3v) is 7.39. The lowest BCUT2D eigenvalue weighted by molar-refractivity contribution is 0.591. The Morgan fingerprint density at radius 1 is 1.29 bits per heavy atom. The molecule has 0 aliphatic carbocycles. The lowest BCUT2D eigenvalue weighted by Gasteiger charge is -2.20. The summed E-state index contributed by atoms with van der Waals surface area (Å²) >= 11 is 1.64. The number of hydrogen-bond donors (Lipinski definition) is 2. The highest BCUT2D eigenvalue weighted by Crippen LogP contribution is 2.29. The molecule has 2 N–H and O–H groups in total. The Kier molecular flexibility index (Phi) is 6.56. The van der Waals surface area contributed by atoms with Gasteiger partial charge in [-0.3, -0.25) is 4.31 Å². The summed E-state index contributed by atoms with van der Waals surface area (Å²) in [5.41, 5.74) is 2.89. The smallest absolute Gasteiger partial charge is 0.236 e. The first-order valence-electron chi connectivity index (χ1n) is 9.44. The zero-order valence-corrected chi connectivity index (χ0v) is 18.2. The number of aliphatic imine (C=N–C) groups is 1. The van der Waals surface area contributed by atoms with Gasteiger partial charge in [-0.1, -0.05) is 18.2 Å². The highest BCUT2D eigenvalue weighted by atomic mass is 32.2. The molecule has 28 heavy (non-hydrogen) atoms. The molecule has 3 rings (SSSR count). The maximum absolute atomic E-state index is 12.8. The Morgan fingerprint density at radius 2 is 2.07 bits per heavy atom. The normalized spacial score (nSPS) is 14.2. The van der Waals surface area contributed by atoms with E-state index in [-0.39, 0.29) is 5.75 Å². The average Bonchev–Trinajstić information content (AvgIpc) is 3.22. The van der Waals surface area contributed by atoms with Crippen LogP contribution in [0.2, 0.25) is 0 Å². The third kappa shape index (κ3) is 4.82. The maximum atomic E-state index is 12.8. The van der Waals surface area contributed by atoms with Crippen molar-refractivity contribution in [3.63, 3.8) is 0 Å². The van der Waals surface area contributed by atoms with Gasteiger partial charge in [-0.2, -0.15) is 0 Å². The van der Waals surface area contributed by atoms with Crippen molar-refractivity contribution in [3.05, 3.63) is 45.4 Å². The maximum Gasteiger partial charge on any atom is 0.236 e. The van der Waals surface area contributed by atoms with Crippen molar-refractivity contribution in [2.75, 3.05) is 29.7 Å². The molecule has 0 amide bonds. The van der Waals surface area contributed by atoms with Gasteiger partial charge in [-0.15, -0.1) is 11.3 Å². The van der Waals surface area contributed by atoms with Gasteiger partial charge in [0.15, 0.2) is 5.96 Å². The van der Waals surface area contributed by atoms with Gasteiger partial charge in [0.1, 0.15) is 0 Å². The molecule has 1 aliphatic rings. The quantitative estimate of drug-likeness (QED) is 0.529. The van der Waals surface area contributed by atoms with Gasteiger partial charge in [0.25, 0.3) is 0 Å². The summed E-state index contributed by atoms with van der Waals surface area (Å²) in [6, 6.07) is 7.69. The number of rotatable bonds is 7. The van der Waals surface area contributed by atoms with Crippen molar-refractivity contribution in [2.45, 2.75) is 33.7 Å². The number of anilines is 1. The molecule has 9 heteroatoms. The molecule has 0 saturated heterocycles. The minimum atomic E-state index is -3.37.